The molecule has 1 N–H and O–H groups in total. The number of nitrogens with zero attached hydrogens (tertiary/aromatic N) is 2. The molecule has 2 heterocycles. The first-order valence-electron chi connectivity index (χ1n) is 5.14. The van der Waals surface area contributed by atoms with E-state index in [-0.39, 0.29) is 0 Å². The molecule has 70 valence electrons. The van der Waals surface area contributed by atoms with Crippen LogP contribution >= 0.6 is 0 Å². The molecule has 0 aromatic carbocycles. The Bertz CT molecular complexity index is 329. The van der Waals surface area contributed by atoms with Crippen LogP contribution in [0, 0.1) is 12.8 Å². The van der Waals surface area contributed by atoms with Crippen molar-refractivity contribution < 1.29 is 0 Å². The van der Waals surface area contributed by atoms with E-state index in [2.05, 4.69) is 22.0 Å². The predicted octanol–water partition coefficient (Wildman–Crippen LogP) is 1.96. The molecule has 2 atom stereocenters. The normalized spacial score (nSPS) is 30.8. The Morgan fingerprint density at radius 2 is 2.46 bits per heavy atom. The standard InChI is InChI=1S/C10H15N3/c1-7-5-12-13-9-4-2-3-8(9)6-11-10(7)13/h5,8-9,11H,2-4,6H2,1H3. The molecule has 1 aromatic rings. The summed E-state index contributed by atoms with van der Waals surface area (Å²) in [5, 5.41) is 7.94. The number of aryl methyl sites for hydroxylation is 1. The third-order valence-electron chi connectivity index (χ3n) is 3.44. The highest BCUT2D eigenvalue weighted by Gasteiger charge is 2.34. The minimum atomic E-state index is 0.685. The lowest BCUT2D eigenvalue weighted by Gasteiger charge is -2.28. The molecule has 1 aliphatic carbocycles. The van der Waals surface area contributed by atoms with Crippen LogP contribution in [0.15, 0.2) is 6.20 Å². The SMILES string of the molecule is Cc1cnn2c1NCC1CCCC12. The molecule has 1 saturated carbocycles. The summed E-state index contributed by atoms with van der Waals surface area (Å²) in [5.41, 5.74) is 1.28. The predicted molar refractivity (Wildman–Crippen MR) is 51.8 cm³/mol. The number of rotatable bonds is 0. The van der Waals surface area contributed by atoms with Crippen LogP contribution in [0.5, 0.6) is 0 Å². The van der Waals surface area contributed by atoms with Crippen LogP contribution in [0.25, 0.3) is 0 Å². The van der Waals surface area contributed by atoms with Crippen molar-refractivity contribution in [3.05, 3.63) is 11.8 Å². The van der Waals surface area contributed by atoms with Crippen molar-refractivity contribution in [3.63, 3.8) is 0 Å². The van der Waals surface area contributed by atoms with Crippen LogP contribution in [0.4, 0.5) is 5.82 Å². The van der Waals surface area contributed by atoms with Crippen molar-refractivity contribution in [2.24, 2.45) is 5.92 Å². The van der Waals surface area contributed by atoms with Gasteiger partial charge in [-0.25, -0.2) is 4.68 Å². The smallest absolute Gasteiger partial charge is 0.127 e. The Kier molecular flexibility index (Phi) is 1.43. The fraction of sp³-hybridized carbons (Fsp3) is 0.700. The molecule has 0 radical (unpaired) electrons. The molecule has 1 aliphatic heterocycles. The van der Waals surface area contributed by atoms with E-state index in [1.165, 1.54) is 30.6 Å². The van der Waals surface area contributed by atoms with Gasteiger partial charge < -0.3 is 5.32 Å². The topological polar surface area (TPSA) is 29.9 Å². The van der Waals surface area contributed by atoms with Crippen molar-refractivity contribution >= 4 is 5.82 Å². The maximum atomic E-state index is 4.45. The molecule has 0 spiro atoms. The van der Waals surface area contributed by atoms with E-state index in [1.807, 2.05) is 6.20 Å². The van der Waals surface area contributed by atoms with E-state index in [1.54, 1.807) is 0 Å². The maximum absolute atomic E-state index is 4.45. The number of hydrogen-bond donors (Lipinski definition) is 1. The molecule has 0 bridgehead atoms. The average Bonchev–Trinajstić information content (AvgIpc) is 2.70. The van der Waals surface area contributed by atoms with Gasteiger partial charge in [-0.1, -0.05) is 6.42 Å². The lowest BCUT2D eigenvalue weighted by atomic mass is 10.0. The lowest BCUT2D eigenvalue weighted by molar-refractivity contribution is 0.347. The highest BCUT2D eigenvalue weighted by atomic mass is 15.4. The molecule has 2 aliphatic rings. The Hall–Kier alpha value is -0.990. The molecule has 3 heteroatoms. The molecule has 1 fully saturated rings. The number of anilines is 1. The van der Waals surface area contributed by atoms with E-state index in [4.69, 9.17) is 0 Å². The second-order valence-corrected chi connectivity index (χ2v) is 4.26. The lowest BCUT2D eigenvalue weighted by Crippen LogP contribution is -2.29. The molecule has 13 heavy (non-hydrogen) atoms. The maximum Gasteiger partial charge on any atom is 0.127 e. The molecule has 2 unspecified atom stereocenters. The summed E-state index contributed by atoms with van der Waals surface area (Å²) >= 11 is 0. The van der Waals surface area contributed by atoms with Crippen LogP contribution in [-0.2, 0) is 0 Å². The van der Waals surface area contributed by atoms with Gasteiger partial charge in [-0.05, 0) is 25.7 Å². The Labute approximate surface area is 78.1 Å². The fourth-order valence-electron chi connectivity index (χ4n) is 2.73. The van der Waals surface area contributed by atoms with Gasteiger partial charge >= 0.3 is 0 Å². The summed E-state index contributed by atoms with van der Waals surface area (Å²) in [6.45, 7) is 3.28. The van der Waals surface area contributed by atoms with E-state index in [9.17, 15) is 0 Å². The minimum absolute atomic E-state index is 0.685. The number of hydrogen-bond acceptors (Lipinski definition) is 2. The van der Waals surface area contributed by atoms with Crippen LogP contribution in [0.1, 0.15) is 30.9 Å². The quantitative estimate of drug-likeness (QED) is 0.656. The highest BCUT2D eigenvalue weighted by Crippen LogP contribution is 2.40. The fourth-order valence-corrected chi connectivity index (χ4v) is 2.73. The molecule has 0 amide bonds. The van der Waals surface area contributed by atoms with Crippen molar-refractivity contribution in [1.29, 1.82) is 0 Å². The van der Waals surface area contributed by atoms with E-state index >= 15 is 0 Å². The van der Waals surface area contributed by atoms with Crippen LogP contribution < -0.4 is 5.32 Å². The molecule has 3 rings (SSSR count). The second kappa shape index (κ2) is 2.50. The molecule has 0 saturated heterocycles. The second-order valence-electron chi connectivity index (χ2n) is 4.26. The monoisotopic (exact) mass is 177 g/mol. The number of nitrogens with one attached hydrogen (secondary N) is 1. The summed E-state index contributed by atoms with van der Waals surface area (Å²) in [6, 6.07) is 0.685. The van der Waals surface area contributed by atoms with Gasteiger partial charge in [-0.15, -0.1) is 0 Å². The first-order valence-corrected chi connectivity index (χ1v) is 5.14. The van der Waals surface area contributed by atoms with E-state index < -0.39 is 0 Å². The van der Waals surface area contributed by atoms with Gasteiger partial charge in [-0.2, -0.15) is 5.10 Å². The molecular weight excluding hydrogens is 162 g/mol. The van der Waals surface area contributed by atoms with Gasteiger partial charge in [0.25, 0.3) is 0 Å². The van der Waals surface area contributed by atoms with Crippen molar-refractivity contribution in [2.75, 3.05) is 11.9 Å². The molecular formula is C10H15N3. The van der Waals surface area contributed by atoms with Crippen LogP contribution in [0.3, 0.4) is 0 Å². The Morgan fingerprint density at radius 3 is 3.38 bits per heavy atom. The largest absolute Gasteiger partial charge is 0.370 e. The third kappa shape index (κ3) is 0.929. The van der Waals surface area contributed by atoms with E-state index in [0.29, 0.717) is 6.04 Å². The summed E-state index contributed by atoms with van der Waals surface area (Å²) in [7, 11) is 0. The third-order valence-corrected chi connectivity index (χ3v) is 3.44. The highest BCUT2D eigenvalue weighted by molar-refractivity contribution is 5.45. The van der Waals surface area contributed by atoms with Gasteiger partial charge in [0, 0.05) is 12.1 Å². The van der Waals surface area contributed by atoms with Crippen molar-refractivity contribution in [3.8, 4) is 0 Å². The Balaban J connectivity index is 2.06. The van der Waals surface area contributed by atoms with Crippen LogP contribution in [0.2, 0.25) is 0 Å². The summed E-state index contributed by atoms with van der Waals surface area (Å²) < 4.78 is 2.20. The van der Waals surface area contributed by atoms with Gasteiger partial charge in [0.1, 0.15) is 5.82 Å². The zero-order valence-electron chi connectivity index (χ0n) is 7.95. The minimum Gasteiger partial charge on any atom is -0.370 e. The first kappa shape index (κ1) is 7.42. The van der Waals surface area contributed by atoms with Gasteiger partial charge in [-0.3, -0.25) is 0 Å². The molecule has 3 nitrogen and oxygen atoms in total. The van der Waals surface area contributed by atoms with Gasteiger partial charge in [0.2, 0.25) is 0 Å². The van der Waals surface area contributed by atoms with Gasteiger partial charge in [0.05, 0.1) is 12.2 Å². The van der Waals surface area contributed by atoms with E-state index in [0.717, 1.165) is 12.5 Å². The number of fused-ring (bicyclic) bond motifs is 3. The van der Waals surface area contributed by atoms with Crippen molar-refractivity contribution in [2.45, 2.75) is 32.2 Å². The zero-order valence-corrected chi connectivity index (χ0v) is 7.95. The number of aromatic nitrogens is 2. The summed E-state index contributed by atoms with van der Waals surface area (Å²) in [5.74, 6) is 2.08. The first-order chi connectivity index (χ1) is 6.36. The van der Waals surface area contributed by atoms with Crippen molar-refractivity contribution in [1.82, 2.24) is 9.78 Å². The average molecular weight is 177 g/mol. The zero-order chi connectivity index (χ0) is 8.84. The summed E-state index contributed by atoms with van der Waals surface area (Å²) in [4.78, 5) is 0. The van der Waals surface area contributed by atoms with Crippen LogP contribution in [-0.4, -0.2) is 16.3 Å². The molecule has 1 aromatic heterocycles. The van der Waals surface area contributed by atoms with Gasteiger partial charge in [0.15, 0.2) is 0 Å². The summed E-state index contributed by atoms with van der Waals surface area (Å²) in [6.07, 6.45) is 6.04. The Morgan fingerprint density at radius 1 is 1.54 bits per heavy atom.